The van der Waals surface area contributed by atoms with Crippen LogP contribution in [0.1, 0.15) is 43.3 Å². The Balaban J connectivity index is 2.00. The molecule has 3 rings (SSSR count). The molecule has 1 aliphatic heterocycles. The normalized spacial score (nSPS) is 17.5. The molecule has 1 N–H and O–H groups in total. The van der Waals surface area contributed by atoms with E-state index in [0.29, 0.717) is 5.92 Å². The molecule has 1 fully saturated rings. The number of hydrogen-bond acceptors (Lipinski definition) is 3. The molecular formula is C17H26N4. The number of rotatable bonds is 3. The number of pyridine rings is 1. The first-order chi connectivity index (χ1) is 10.2. The molecule has 0 aliphatic carbocycles. The van der Waals surface area contributed by atoms with E-state index in [9.17, 15) is 0 Å². The van der Waals surface area contributed by atoms with Crippen molar-refractivity contribution in [3.05, 3.63) is 35.3 Å². The van der Waals surface area contributed by atoms with Crippen molar-refractivity contribution in [3.8, 4) is 0 Å². The van der Waals surface area contributed by atoms with Gasteiger partial charge in [-0.1, -0.05) is 19.9 Å². The summed E-state index contributed by atoms with van der Waals surface area (Å²) in [6.07, 6.45) is 1.23. The summed E-state index contributed by atoms with van der Waals surface area (Å²) in [6, 6.07) is 6.39. The molecule has 0 bridgehead atoms. The van der Waals surface area contributed by atoms with Crippen LogP contribution in [-0.2, 0) is 6.54 Å². The Morgan fingerprint density at radius 2 is 2.10 bits per heavy atom. The van der Waals surface area contributed by atoms with Crippen LogP contribution in [-0.4, -0.2) is 40.5 Å². The van der Waals surface area contributed by atoms with E-state index >= 15 is 0 Å². The summed E-state index contributed by atoms with van der Waals surface area (Å²) in [5, 5.41) is 3.48. The van der Waals surface area contributed by atoms with Gasteiger partial charge in [-0.25, -0.2) is 4.98 Å². The molecule has 114 valence electrons. The number of hydrogen-bond donors (Lipinski definition) is 1. The van der Waals surface area contributed by atoms with Gasteiger partial charge in [0, 0.05) is 25.3 Å². The molecular weight excluding hydrogens is 260 g/mol. The Morgan fingerprint density at radius 3 is 2.90 bits per heavy atom. The largest absolute Gasteiger partial charge is 0.315 e. The summed E-state index contributed by atoms with van der Waals surface area (Å²) in [7, 11) is 0. The molecule has 1 saturated heterocycles. The molecule has 1 aliphatic rings. The van der Waals surface area contributed by atoms with Crippen molar-refractivity contribution in [1.82, 2.24) is 19.6 Å². The fraction of sp³-hybridized carbons (Fsp3) is 0.588. The summed E-state index contributed by atoms with van der Waals surface area (Å²) in [5.74, 6) is 0.462. The second-order valence-electron chi connectivity index (χ2n) is 6.34. The lowest BCUT2D eigenvalue weighted by atomic mass is 10.1. The fourth-order valence-corrected chi connectivity index (χ4v) is 3.23. The molecule has 0 radical (unpaired) electrons. The highest BCUT2D eigenvalue weighted by Gasteiger charge is 2.19. The third-order valence-corrected chi connectivity index (χ3v) is 4.32. The van der Waals surface area contributed by atoms with E-state index in [-0.39, 0.29) is 0 Å². The monoisotopic (exact) mass is 286 g/mol. The molecule has 0 amide bonds. The van der Waals surface area contributed by atoms with E-state index in [1.807, 2.05) is 0 Å². The van der Waals surface area contributed by atoms with Gasteiger partial charge >= 0.3 is 0 Å². The molecule has 0 atom stereocenters. The second kappa shape index (κ2) is 6.16. The SMILES string of the molecule is Cc1cccc2nc(C(C)C)c(CN3CCCNCC3)n12. The third kappa shape index (κ3) is 2.97. The van der Waals surface area contributed by atoms with E-state index in [0.717, 1.165) is 31.8 Å². The zero-order valence-corrected chi connectivity index (χ0v) is 13.4. The zero-order valence-electron chi connectivity index (χ0n) is 13.4. The highest BCUT2D eigenvalue weighted by Crippen LogP contribution is 2.23. The van der Waals surface area contributed by atoms with Crippen LogP contribution in [0.3, 0.4) is 0 Å². The number of aromatic nitrogens is 2. The Bertz CT molecular complexity index is 607. The van der Waals surface area contributed by atoms with Gasteiger partial charge in [-0.05, 0) is 44.5 Å². The van der Waals surface area contributed by atoms with Crippen LogP contribution in [0, 0.1) is 6.92 Å². The Labute approximate surface area is 127 Å². The highest BCUT2D eigenvalue weighted by atomic mass is 15.2. The van der Waals surface area contributed by atoms with Crippen LogP contribution in [0.25, 0.3) is 5.65 Å². The summed E-state index contributed by atoms with van der Waals surface area (Å²) >= 11 is 0. The first kappa shape index (κ1) is 14.5. The molecule has 3 heterocycles. The molecule has 2 aromatic rings. The van der Waals surface area contributed by atoms with Crippen molar-refractivity contribution in [1.29, 1.82) is 0 Å². The second-order valence-corrected chi connectivity index (χ2v) is 6.34. The lowest BCUT2D eigenvalue weighted by molar-refractivity contribution is 0.279. The first-order valence-corrected chi connectivity index (χ1v) is 8.06. The van der Waals surface area contributed by atoms with E-state index in [2.05, 4.69) is 53.6 Å². The lowest BCUT2D eigenvalue weighted by Crippen LogP contribution is -2.28. The quantitative estimate of drug-likeness (QED) is 0.941. The van der Waals surface area contributed by atoms with E-state index in [1.54, 1.807) is 0 Å². The maximum absolute atomic E-state index is 4.88. The van der Waals surface area contributed by atoms with Crippen LogP contribution in [0.2, 0.25) is 0 Å². The van der Waals surface area contributed by atoms with Gasteiger partial charge in [0.25, 0.3) is 0 Å². The number of aryl methyl sites for hydroxylation is 1. The average Bonchev–Trinajstić information content (AvgIpc) is 2.64. The average molecular weight is 286 g/mol. The van der Waals surface area contributed by atoms with Crippen molar-refractivity contribution >= 4 is 5.65 Å². The lowest BCUT2D eigenvalue weighted by Gasteiger charge is -2.21. The van der Waals surface area contributed by atoms with Crippen LogP contribution in [0.4, 0.5) is 0 Å². The molecule has 21 heavy (non-hydrogen) atoms. The van der Waals surface area contributed by atoms with Crippen molar-refractivity contribution in [2.75, 3.05) is 26.2 Å². The number of nitrogens with one attached hydrogen (secondary N) is 1. The van der Waals surface area contributed by atoms with Crippen molar-refractivity contribution in [2.24, 2.45) is 0 Å². The Hall–Kier alpha value is -1.39. The number of imidazole rings is 1. The van der Waals surface area contributed by atoms with Gasteiger partial charge in [0.15, 0.2) is 0 Å². The van der Waals surface area contributed by atoms with Gasteiger partial charge in [-0.2, -0.15) is 0 Å². The van der Waals surface area contributed by atoms with Gasteiger partial charge in [-0.3, -0.25) is 9.30 Å². The van der Waals surface area contributed by atoms with Gasteiger partial charge in [0.05, 0.1) is 11.4 Å². The van der Waals surface area contributed by atoms with E-state index in [1.165, 1.54) is 30.0 Å². The Morgan fingerprint density at radius 1 is 1.24 bits per heavy atom. The maximum Gasteiger partial charge on any atom is 0.137 e. The van der Waals surface area contributed by atoms with E-state index in [4.69, 9.17) is 4.98 Å². The molecule has 0 spiro atoms. The smallest absolute Gasteiger partial charge is 0.137 e. The summed E-state index contributed by atoms with van der Waals surface area (Å²) in [6.45, 7) is 12.2. The summed E-state index contributed by atoms with van der Waals surface area (Å²) in [5.41, 5.74) is 4.98. The number of nitrogens with zero attached hydrogens (tertiary/aromatic N) is 3. The van der Waals surface area contributed by atoms with Crippen molar-refractivity contribution < 1.29 is 0 Å². The fourth-order valence-electron chi connectivity index (χ4n) is 3.23. The minimum absolute atomic E-state index is 0.462. The standard InChI is InChI=1S/C17H26N4/c1-13(2)17-15(12-20-10-5-8-18-9-11-20)21-14(3)6-4-7-16(21)19-17/h4,6-7,13,18H,5,8-12H2,1-3H3. The summed E-state index contributed by atoms with van der Waals surface area (Å²) < 4.78 is 2.34. The van der Waals surface area contributed by atoms with Gasteiger partial charge in [0.1, 0.15) is 5.65 Å². The first-order valence-electron chi connectivity index (χ1n) is 8.06. The molecule has 0 aromatic carbocycles. The van der Waals surface area contributed by atoms with Crippen LogP contribution in [0.15, 0.2) is 18.2 Å². The molecule has 0 unspecified atom stereocenters. The van der Waals surface area contributed by atoms with Crippen molar-refractivity contribution in [3.63, 3.8) is 0 Å². The van der Waals surface area contributed by atoms with Crippen LogP contribution >= 0.6 is 0 Å². The molecule has 4 heteroatoms. The summed E-state index contributed by atoms with van der Waals surface area (Å²) in [4.78, 5) is 7.44. The van der Waals surface area contributed by atoms with Gasteiger partial charge in [0.2, 0.25) is 0 Å². The van der Waals surface area contributed by atoms with E-state index < -0.39 is 0 Å². The zero-order chi connectivity index (χ0) is 14.8. The molecule has 4 nitrogen and oxygen atoms in total. The topological polar surface area (TPSA) is 32.6 Å². The van der Waals surface area contributed by atoms with Crippen molar-refractivity contribution in [2.45, 2.75) is 39.7 Å². The predicted molar refractivity (Wildman–Crippen MR) is 86.8 cm³/mol. The highest BCUT2D eigenvalue weighted by molar-refractivity contribution is 5.46. The van der Waals surface area contributed by atoms with Crippen LogP contribution < -0.4 is 5.32 Å². The van der Waals surface area contributed by atoms with Gasteiger partial charge < -0.3 is 5.32 Å². The predicted octanol–water partition coefficient (Wildman–Crippen LogP) is 2.56. The van der Waals surface area contributed by atoms with Crippen LogP contribution in [0.5, 0.6) is 0 Å². The number of fused-ring (bicyclic) bond motifs is 1. The molecule has 2 aromatic heterocycles. The minimum Gasteiger partial charge on any atom is -0.315 e. The van der Waals surface area contributed by atoms with Gasteiger partial charge in [-0.15, -0.1) is 0 Å². The minimum atomic E-state index is 0.462. The molecule has 0 saturated carbocycles. The third-order valence-electron chi connectivity index (χ3n) is 4.32. The Kier molecular flexibility index (Phi) is 4.27. The maximum atomic E-state index is 4.88.